The minimum atomic E-state index is -1.71. The van der Waals surface area contributed by atoms with Crippen molar-refractivity contribution in [3.8, 4) is 5.69 Å². The summed E-state index contributed by atoms with van der Waals surface area (Å²) in [5, 5.41) is 9.91. The molecule has 2 amide bonds. The molecule has 7 nitrogen and oxygen atoms in total. The molecule has 10 heteroatoms. The maximum absolute atomic E-state index is 12.1. The van der Waals surface area contributed by atoms with E-state index in [0.717, 1.165) is 5.69 Å². The van der Waals surface area contributed by atoms with Gasteiger partial charge in [-0.05, 0) is 18.2 Å². The van der Waals surface area contributed by atoms with Gasteiger partial charge in [-0.15, -0.1) is 0 Å². The van der Waals surface area contributed by atoms with Gasteiger partial charge in [0.2, 0.25) is 9.70 Å². The third-order valence-corrected chi connectivity index (χ3v) is 3.81. The van der Waals surface area contributed by atoms with Crippen molar-refractivity contribution in [2.45, 2.75) is 36.9 Å². The standard InChI is InChI=1S/C18H21Cl3N4O3/c1-11(26)22-12-6-5-7-13(8-12)25-15(9-14(24-25)17(2,3)4)23-16(27)28-10-18(19,20)21/h5-9H,10H2,1-4H3,(H,22,26)(H,23,27). The van der Waals surface area contributed by atoms with Crippen LogP contribution in [0, 0.1) is 0 Å². The van der Waals surface area contributed by atoms with Gasteiger partial charge in [0.1, 0.15) is 12.4 Å². The van der Waals surface area contributed by atoms with Gasteiger partial charge in [-0.2, -0.15) is 5.10 Å². The van der Waals surface area contributed by atoms with Gasteiger partial charge in [0.15, 0.2) is 0 Å². The van der Waals surface area contributed by atoms with Gasteiger partial charge in [-0.25, -0.2) is 9.48 Å². The van der Waals surface area contributed by atoms with Crippen LogP contribution in [-0.4, -0.2) is 32.2 Å². The van der Waals surface area contributed by atoms with E-state index in [1.165, 1.54) is 6.92 Å². The number of nitrogens with one attached hydrogen (secondary N) is 2. The fourth-order valence-electron chi connectivity index (χ4n) is 2.24. The minimum absolute atomic E-state index is 0.193. The van der Waals surface area contributed by atoms with Gasteiger partial charge in [0.05, 0.1) is 11.4 Å². The topological polar surface area (TPSA) is 85.3 Å². The molecule has 0 radical (unpaired) electrons. The van der Waals surface area contributed by atoms with Gasteiger partial charge >= 0.3 is 6.09 Å². The van der Waals surface area contributed by atoms with Crippen LogP contribution in [0.1, 0.15) is 33.4 Å². The molecule has 1 aromatic carbocycles. The number of hydrogen-bond donors (Lipinski definition) is 2. The van der Waals surface area contributed by atoms with Crippen molar-refractivity contribution in [1.82, 2.24) is 9.78 Å². The van der Waals surface area contributed by atoms with Gasteiger partial charge in [0.25, 0.3) is 0 Å². The molecule has 0 aliphatic heterocycles. The van der Waals surface area contributed by atoms with Crippen LogP contribution in [0.2, 0.25) is 0 Å². The second-order valence-electron chi connectivity index (χ2n) is 7.12. The number of alkyl halides is 3. The van der Waals surface area contributed by atoms with Crippen LogP contribution in [0.3, 0.4) is 0 Å². The maximum Gasteiger partial charge on any atom is 0.412 e. The molecule has 0 atom stereocenters. The van der Waals surface area contributed by atoms with Crippen molar-refractivity contribution in [3.05, 3.63) is 36.0 Å². The van der Waals surface area contributed by atoms with E-state index >= 15 is 0 Å². The molecule has 0 spiro atoms. The zero-order valence-electron chi connectivity index (χ0n) is 15.8. The number of carbonyl (C=O) groups is 2. The average molecular weight is 448 g/mol. The molecule has 0 saturated carbocycles. The second kappa shape index (κ2) is 8.59. The quantitative estimate of drug-likeness (QED) is 0.642. The summed E-state index contributed by atoms with van der Waals surface area (Å²) in [6, 6.07) is 8.79. The predicted octanol–water partition coefficient (Wildman–Crippen LogP) is 5.05. The molecule has 0 fully saturated rings. The van der Waals surface area contributed by atoms with E-state index in [-0.39, 0.29) is 11.3 Å². The summed E-state index contributed by atoms with van der Waals surface area (Å²) >= 11 is 16.8. The largest absolute Gasteiger partial charge is 0.445 e. The van der Waals surface area contributed by atoms with Crippen molar-refractivity contribution in [2.75, 3.05) is 17.2 Å². The maximum atomic E-state index is 12.1. The first kappa shape index (κ1) is 22.3. The SMILES string of the molecule is CC(=O)Nc1cccc(-n2nc(C(C)(C)C)cc2NC(=O)OCC(Cl)(Cl)Cl)c1. The van der Waals surface area contributed by atoms with Crippen molar-refractivity contribution in [1.29, 1.82) is 0 Å². The Morgan fingerprint density at radius 2 is 1.82 bits per heavy atom. The number of rotatable bonds is 4. The summed E-state index contributed by atoms with van der Waals surface area (Å²) in [6.45, 7) is 7.02. The fourth-order valence-corrected chi connectivity index (χ4v) is 2.40. The third kappa shape index (κ3) is 6.58. The summed E-state index contributed by atoms with van der Waals surface area (Å²) in [5.74, 6) is 0.181. The lowest BCUT2D eigenvalue weighted by molar-refractivity contribution is -0.114. The van der Waals surface area contributed by atoms with Gasteiger partial charge in [-0.3, -0.25) is 10.1 Å². The fraction of sp³-hybridized carbons (Fsp3) is 0.389. The first-order valence-corrected chi connectivity index (χ1v) is 9.47. The summed E-state index contributed by atoms with van der Waals surface area (Å²) in [4.78, 5) is 23.4. The molecule has 0 aliphatic carbocycles. The van der Waals surface area contributed by atoms with Gasteiger partial charge in [-0.1, -0.05) is 61.6 Å². The van der Waals surface area contributed by atoms with Crippen LogP contribution in [0.15, 0.2) is 30.3 Å². The van der Waals surface area contributed by atoms with Crippen molar-refractivity contribution in [3.63, 3.8) is 0 Å². The summed E-state index contributed by atoms with van der Waals surface area (Å²) in [6.07, 6.45) is -0.786. The monoisotopic (exact) mass is 446 g/mol. The molecule has 2 aromatic rings. The molecule has 2 rings (SSSR count). The van der Waals surface area contributed by atoms with E-state index in [2.05, 4.69) is 15.7 Å². The molecule has 0 bridgehead atoms. The van der Waals surface area contributed by atoms with Gasteiger partial charge in [0, 0.05) is 24.1 Å². The van der Waals surface area contributed by atoms with E-state index in [4.69, 9.17) is 39.5 Å². The van der Waals surface area contributed by atoms with Crippen LogP contribution in [-0.2, 0) is 14.9 Å². The molecule has 0 saturated heterocycles. The highest BCUT2D eigenvalue weighted by Crippen LogP contribution is 2.28. The lowest BCUT2D eigenvalue weighted by Crippen LogP contribution is -2.22. The number of anilines is 2. The number of benzene rings is 1. The van der Waals surface area contributed by atoms with Crippen LogP contribution in [0.5, 0.6) is 0 Å². The number of ether oxygens (including phenoxy) is 1. The number of halogens is 3. The first-order valence-electron chi connectivity index (χ1n) is 8.34. The normalized spacial score (nSPS) is 11.8. The van der Waals surface area contributed by atoms with Crippen LogP contribution < -0.4 is 10.6 Å². The second-order valence-corrected chi connectivity index (χ2v) is 9.64. The summed E-state index contributed by atoms with van der Waals surface area (Å²) in [7, 11) is 0. The first-order chi connectivity index (χ1) is 12.8. The number of hydrogen-bond acceptors (Lipinski definition) is 4. The van der Waals surface area contributed by atoms with Crippen LogP contribution in [0.4, 0.5) is 16.3 Å². The predicted molar refractivity (Wildman–Crippen MR) is 112 cm³/mol. The van der Waals surface area contributed by atoms with E-state index in [1.54, 1.807) is 35.0 Å². The lowest BCUT2D eigenvalue weighted by Gasteiger charge is -2.14. The number of amides is 2. The van der Waals surface area contributed by atoms with E-state index in [1.807, 2.05) is 20.8 Å². The Morgan fingerprint density at radius 1 is 1.14 bits per heavy atom. The highest BCUT2D eigenvalue weighted by Gasteiger charge is 2.24. The highest BCUT2D eigenvalue weighted by molar-refractivity contribution is 6.67. The molecule has 1 heterocycles. The molecule has 0 unspecified atom stereocenters. The van der Waals surface area contributed by atoms with Crippen molar-refractivity contribution < 1.29 is 14.3 Å². The van der Waals surface area contributed by atoms with Crippen LogP contribution >= 0.6 is 34.8 Å². The van der Waals surface area contributed by atoms with E-state index in [9.17, 15) is 9.59 Å². The Balaban J connectivity index is 2.36. The number of aromatic nitrogens is 2. The molecule has 2 N–H and O–H groups in total. The van der Waals surface area contributed by atoms with E-state index in [0.29, 0.717) is 17.2 Å². The Kier molecular flexibility index (Phi) is 6.85. The zero-order valence-corrected chi connectivity index (χ0v) is 18.1. The Labute approximate surface area is 178 Å². The number of carbonyl (C=O) groups excluding carboxylic acids is 2. The summed E-state index contributed by atoms with van der Waals surface area (Å²) < 4.78 is 4.77. The Morgan fingerprint density at radius 3 is 2.39 bits per heavy atom. The van der Waals surface area contributed by atoms with Gasteiger partial charge < -0.3 is 10.1 Å². The van der Waals surface area contributed by atoms with Crippen LogP contribution in [0.25, 0.3) is 5.69 Å². The Hall–Kier alpha value is -1.96. The average Bonchev–Trinajstić information content (AvgIpc) is 2.96. The molecule has 152 valence electrons. The zero-order chi connectivity index (χ0) is 21.1. The molecule has 28 heavy (non-hydrogen) atoms. The molecular formula is C18H21Cl3N4O3. The minimum Gasteiger partial charge on any atom is -0.445 e. The van der Waals surface area contributed by atoms with Crippen molar-refractivity contribution in [2.24, 2.45) is 0 Å². The Bertz CT molecular complexity index is 870. The highest BCUT2D eigenvalue weighted by atomic mass is 35.6. The number of nitrogens with zero attached hydrogens (tertiary/aromatic N) is 2. The molecule has 1 aromatic heterocycles. The van der Waals surface area contributed by atoms with Crippen molar-refractivity contribution >= 4 is 58.3 Å². The molecular weight excluding hydrogens is 427 g/mol. The summed E-state index contributed by atoms with van der Waals surface area (Å²) in [5.41, 5.74) is 1.72. The lowest BCUT2D eigenvalue weighted by atomic mass is 9.92. The third-order valence-electron chi connectivity index (χ3n) is 3.49. The smallest absolute Gasteiger partial charge is 0.412 e. The molecule has 0 aliphatic rings. The van der Waals surface area contributed by atoms with E-state index < -0.39 is 16.5 Å².